The molecule has 0 saturated carbocycles. The van der Waals surface area contributed by atoms with E-state index in [0.29, 0.717) is 0 Å². The third-order valence-corrected chi connectivity index (χ3v) is 5.72. The molecule has 0 radical (unpaired) electrons. The Morgan fingerprint density at radius 1 is 1.19 bits per heavy atom. The molecule has 2 aromatic rings. The number of hydrogen-bond donors (Lipinski definition) is 1. The molecule has 0 heterocycles. The summed E-state index contributed by atoms with van der Waals surface area (Å²) in [4.78, 5) is 12.4. The van der Waals surface area contributed by atoms with Crippen LogP contribution in [0.25, 0.3) is 0 Å². The second kappa shape index (κ2) is 8.27. The Balaban J connectivity index is 2.18. The van der Waals surface area contributed by atoms with Crippen LogP contribution in [0.1, 0.15) is 29.7 Å². The first-order chi connectivity index (χ1) is 12.5. The molecule has 5 nitrogen and oxygen atoms in total. The zero-order valence-corrected chi connectivity index (χ0v) is 17.2. The zero-order valence-electron chi connectivity index (χ0n) is 15.6. The highest BCUT2D eigenvalue weighted by Gasteiger charge is 2.22. The van der Waals surface area contributed by atoms with Crippen molar-refractivity contribution in [3.63, 3.8) is 0 Å². The predicted molar refractivity (Wildman–Crippen MR) is 106 cm³/mol. The van der Waals surface area contributed by atoms with Crippen molar-refractivity contribution >= 4 is 33.2 Å². The Bertz CT molecular complexity index is 963. The molecule has 2 rings (SSSR count). The van der Waals surface area contributed by atoms with E-state index in [2.05, 4.69) is 5.32 Å². The van der Waals surface area contributed by atoms with Gasteiger partial charge >= 0.3 is 0 Å². The summed E-state index contributed by atoms with van der Waals surface area (Å²) in [6.45, 7) is 5.37. The minimum absolute atomic E-state index is 0.123. The van der Waals surface area contributed by atoms with Crippen LogP contribution in [0.5, 0.6) is 0 Å². The van der Waals surface area contributed by atoms with E-state index in [1.165, 1.54) is 12.1 Å². The molecule has 27 heavy (non-hydrogen) atoms. The van der Waals surface area contributed by atoms with Gasteiger partial charge in [-0.2, -0.15) is 0 Å². The van der Waals surface area contributed by atoms with Crippen LogP contribution in [0.3, 0.4) is 0 Å². The normalized spacial score (nSPS) is 12.5. The molecule has 1 N–H and O–H groups in total. The summed E-state index contributed by atoms with van der Waals surface area (Å²) in [5.41, 5.74) is 3.29. The van der Waals surface area contributed by atoms with Crippen LogP contribution < -0.4 is 9.62 Å². The first kappa shape index (κ1) is 21.2. The van der Waals surface area contributed by atoms with E-state index >= 15 is 0 Å². The van der Waals surface area contributed by atoms with E-state index in [4.69, 9.17) is 11.6 Å². The SMILES string of the molecule is Cc1ccc(C(C)NC(=O)CN(c2ccc(F)c(Cl)c2)S(C)(=O)=O)cc1C. The molecule has 0 fully saturated rings. The van der Waals surface area contributed by atoms with Gasteiger partial charge < -0.3 is 5.32 Å². The van der Waals surface area contributed by atoms with Gasteiger partial charge in [0.25, 0.3) is 0 Å². The summed E-state index contributed by atoms with van der Waals surface area (Å²) in [6, 6.07) is 9.08. The van der Waals surface area contributed by atoms with Gasteiger partial charge in [0, 0.05) is 0 Å². The molecule has 0 aromatic heterocycles. The maximum Gasteiger partial charge on any atom is 0.241 e. The molecule has 0 aliphatic carbocycles. The van der Waals surface area contributed by atoms with E-state index in [0.717, 1.165) is 33.3 Å². The standard InChI is InChI=1S/C19H22ClFN2O3S/c1-12-5-6-15(9-13(12)2)14(3)22-19(24)11-23(27(4,25)26)16-7-8-18(21)17(20)10-16/h5-10,14H,11H2,1-4H3,(H,22,24). The Morgan fingerprint density at radius 2 is 1.85 bits per heavy atom. The largest absolute Gasteiger partial charge is 0.348 e. The van der Waals surface area contributed by atoms with E-state index in [-0.39, 0.29) is 16.8 Å². The molecule has 1 atom stereocenters. The van der Waals surface area contributed by atoms with Gasteiger partial charge in [-0.1, -0.05) is 29.8 Å². The lowest BCUT2D eigenvalue weighted by molar-refractivity contribution is -0.120. The van der Waals surface area contributed by atoms with Crippen LogP contribution in [0.2, 0.25) is 5.02 Å². The highest BCUT2D eigenvalue weighted by atomic mass is 35.5. The highest BCUT2D eigenvalue weighted by molar-refractivity contribution is 7.92. The fraction of sp³-hybridized carbons (Fsp3) is 0.316. The van der Waals surface area contributed by atoms with Gasteiger partial charge in [-0.3, -0.25) is 9.10 Å². The summed E-state index contributed by atoms with van der Waals surface area (Å²) in [5.74, 6) is -1.15. The lowest BCUT2D eigenvalue weighted by Crippen LogP contribution is -2.41. The van der Waals surface area contributed by atoms with Crippen molar-refractivity contribution in [2.24, 2.45) is 0 Å². The number of amides is 1. The summed E-state index contributed by atoms with van der Waals surface area (Å²) in [6.07, 6.45) is 0.976. The molecule has 0 aliphatic heterocycles. The number of aryl methyl sites for hydroxylation is 2. The van der Waals surface area contributed by atoms with Crippen molar-refractivity contribution in [2.75, 3.05) is 17.1 Å². The van der Waals surface area contributed by atoms with Crippen molar-refractivity contribution in [1.82, 2.24) is 5.32 Å². The summed E-state index contributed by atoms with van der Waals surface area (Å²) in [5, 5.41) is 2.57. The number of benzene rings is 2. The maximum absolute atomic E-state index is 13.4. The lowest BCUT2D eigenvalue weighted by atomic mass is 10.0. The summed E-state index contributed by atoms with van der Waals surface area (Å²) < 4.78 is 38.5. The highest BCUT2D eigenvalue weighted by Crippen LogP contribution is 2.24. The monoisotopic (exact) mass is 412 g/mol. The number of carbonyl (C=O) groups is 1. The van der Waals surface area contributed by atoms with Crippen molar-refractivity contribution in [1.29, 1.82) is 0 Å². The van der Waals surface area contributed by atoms with E-state index in [9.17, 15) is 17.6 Å². The average molecular weight is 413 g/mol. The fourth-order valence-corrected chi connectivity index (χ4v) is 3.60. The number of nitrogens with one attached hydrogen (secondary N) is 1. The van der Waals surface area contributed by atoms with Crippen molar-refractivity contribution < 1.29 is 17.6 Å². The first-order valence-electron chi connectivity index (χ1n) is 8.28. The Morgan fingerprint density at radius 3 is 2.41 bits per heavy atom. The molecular weight excluding hydrogens is 391 g/mol. The second-order valence-corrected chi connectivity index (χ2v) is 8.81. The number of nitrogens with zero attached hydrogens (tertiary/aromatic N) is 1. The molecule has 0 spiro atoms. The van der Waals surface area contributed by atoms with Crippen LogP contribution in [-0.4, -0.2) is 27.1 Å². The third kappa shape index (κ3) is 5.43. The van der Waals surface area contributed by atoms with Crippen LogP contribution in [0, 0.1) is 19.7 Å². The van der Waals surface area contributed by atoms with Crippen LogP contribution in [0.4, 0.5) is 10.1 Å². The zero-order chi connectivity index (χ0) is 20.4. The number of sulfonamides is 1. The van der Waals surface area contributed by atoms with Crippen molar-refractivity contribution in [2.45, 2.75) is 26.8 Å². The minimum Gasteiger partial charge on any atom is -0.348 e. The number of anilines is 1. The molecular formula is C19H22ClFN2O3S. The Kier molecular flexibility index (Phi) is 6.49. The van der Waals surface area contributed by atoms with Gasteiger partial charge in [-0.25, -0.2) is 12.8 Å². The molecule has 0 bridgehead atoms. The van der Waals surface area contributed by atoms with Crippen LogP contribution in [-0.2, 0) is 14.8 Å². The predicted octanol–water partition coefficient (Wildman–Crippen LogP) is 3.74. The second-order valence-electron chi connectivity index (χ2n) is 6.50. The third-order valence-electron chi connectivity index (χ3n) is 4.29. The molecule has 2 aromatic carbocycles. The molecule has 1 amide bonds. The maximum atomic E-state index is 13.4. The van der Waals surface area contributed by atoms with Crippen LogP contribution in [0.15, 0.2) is 36.4 Å². The molecule has 1 unspecified atom stereocenters. The van der Waals surface area contributed by atoms with Crippen LogP contribution >= 0.6 is 11.6 Å². The minimum atomic E-state index is -3.76. The van der Waals surface area contributed by atoms with E-state index in [1.807, 2.05) is 39.0 Å². The first-order valence-corrected chi connectivity index (χ1v) is 10.5. The van der Waals surface area contributed by atoms with Gasteiger partial charge in [0.1, 0.15) is 12.4 Å². The van der Waals surface area contributed by atoms with Gasteiger partial charge in [-0.05, 0) is 55.7 Å². The van der Waals surface area contributed by atoms with Gasteiger partial charge in [0.2, 0.25) is 15.9 Å². The fourth-order valence-electron chi connectivity index (χ4n) is 2.58. The van der Waals surface area contributed by atoms with E-state index in [1.54, 1.807) is 0 Å². The van der Waals surface area contributed by atoms with Crippen molar-refractivity contribution in [3.8, 4) is 0 Å². The van der Waals surface area contributed by atoms with Crippen molar-refractivity contribution in [3.05, 3.63) is 63.9 Å². The topological polar surface area (TPSA) is 66.5 Å². The Hall–Kier alpha value is -2.12. The van der Waals surface area contributed by atoms with Gasteiger partial charge in [0.15, 0.2) is 0 Å². The number of carbonyl (C=O) groups excluding carboxylic acids is 1. The quantitative estimate of drug-likeness (QED) is 0.785. The smallest absolute Gasteiger partial charge is 0.241 e. The lowest BCUT2D eigenvalue weighted by Gasteiger charge is -2.23. The van der Waals surface area contributed by atoms with Gasteiger partial charge in [-0.15, -0.1) is 0 Å². The average Bonchev–Trinajstić information content (AvgIpc) is 2.56. The summed E-state index contributed by atoms with van der Waals surface area (Å²) in [7, 11) is -3.76. The number of hydrogen-bond acceptors (Lipinski definition) is 3. The number of halogens is 2. The Labute approximate surface area is 164 Å². The van der Waals surface area contributed by atoms with Gasteiger partial charge in [0.05, 0.1) is 23.0 Å². The summed E-state index contributed by atoms with van der Waals surface area (Å²) >= 11 is 5.74. The molecule has 0 aliphatic rings. The molecule has 0 saturated heterocycles. The number of rotatable bonds is 6. The molecule has 8 heteroatoms. The molecule has 146 valence electrons. The van der Waals surface area contributed by atoms with E-state index < -0.39 is 28.3 Å².